The highest BCUT2D eigenvalue weighted by molar-refractivity contribution is 5.29. The molecule has 0 saturated carbocycles. The van der Waals surface area contributed by atoms with Crippen LogP contribution in [0.25, 0.3) is 0 Å². The number of hydrogen-bond acceptors (Lipinski definition) is 3. The third kappa shape index (κ3) is 3.03. The van der Waals surface area contributed by atoms with Crippen LogP contribution in [0.15, 0.2) is 18.2 Å². The van der Waals surface area contributed by atoms with Gasteiger partial charge < -0.3 is 4.74 Å². The summed E-state index contributed by atoms with van der Waals surface area (Å²) in [6, 6.07) is 4.76. The van der Waals surface area contributed by atoms with Crippen molar-refractivity contribution in [3.8, 4) is 0 Å². The van der Waals surface area contributed by atoms with Gasteiger partial charge in [-0.05, 0) is 49.4 Å². The van der Waals surface area contributed by atoms with Crippen LogP contribution < -0.4 is 11.3 Å². The Labute approximate surface area is 101 Å². The molecule has 0 bridgehead atoms. The fourth-order valence-corrected chi connectivity index (χ4v) is 2.36. The van der Waals surface area contributed by atoms with Gasteiger partial charge in [-0.25, -0.2) is 4.39 Å². The molecule has 1 saturated heterocycles. The maximum Gasteiger partial charge on any atom is 0.123 e. The van der Waals surface area contributed by atoms with Crippen molar-refractivity contribution < 1.29 is 9.13 Å². The normalized spacial score (nSPS) is 21.7. The zero-order valence-electron chi connectivity index (χ0n) is 10.1. The fraction of sp³-hybridized carbons (Fsp3) is 0.538. The van der Waals surface area contributed by atoms with E-state index < -0.39 is 0 Å². The second kappa shape index (κ2) is 5.58. The summed E-state index contributed by atoms with van der Waals surface area (Å²) in [4.78, 5) is 0. The molecule has 17 heavy (non-hydrogen) atoms. The summed E-state index contributed by atoms with van der Waals surface area (Å²) < 4.78 is 18.8. The molecular formula is C13H19FN2O. The Balaban J connectivity index is 2.13. The molecule has 2 unspecified atom stereocenters. The largest absolute Gasteiger partial charge is 0.378 e. The molecule has 0 spiro atoms. The number of aryl methyl sites for hydroxylation is 1. The van der Waals surface area contributed by atoms with Crippen LogP contribution in [-0.2, 0) is 4.74 Å². The molecule has 1 aromatic rings. The summed E-state index contributed by atoms with van der Waals surface area (Å²) in [5, 5.41) is 0. The molecule has 0 radical (unpaired) electrons. The zero-order valence-corrected chi connectivity index (χ0v) is 10.1. The van der Waals surface area contributed by atoms with Crippen molar-refractivity contribution >= 4 is 0 Å². The van der Waals surface area contributed by atoms with Crippen LogP contribution in [0.1, 0.15) is 36.4 Å². The third-order valence-corrected chi connectivity index (χ3v) is 3.34. The minimum absolute atomic E-state index is 0.0474. The van der Waals surface area contributed by atoms with Gasteiger partial charge in [-0.3, -0.25) is 11.3 Å². The molecule has 3 N–H and O–H groups in total. The second-order valence-corrected chi connectivity index (χ2v) is 4.59. The number of ether oxygens (including phenoxy) is 1. The van der Waals surface area contributed by atoms with E-state index in [1.165, 1.54) is 6.07 Å². The summed E-state index contributed by atoms with van der Waals surface area (Å²) in [6.07, 6.45) is 3.19. The van der Waals surface area contributed by atoms with Gasteiger partial charge in [0, 0.05) is 12.6 Å². The second-order valence-electron chi connectivity index (χ2n) is 4.59. The first-order chi connectivity index (χ1) is 8.20. The highest BCUT2D eigenvalue weighted by Gasteiger charge is 2.22. The van der Waals surface area contributed by atoms with Crippen molar-refractivity contribution in [2.24, 2.45) is 5.84 Å². The Morgan fingerprint density at radius 3 is 3.06 bits per heavy atom. The molecule has 4 heteroatoms. The van der Waals surface area contributed by atoms with E-state index in [0.717, 1.165) is 37.0 Å². The number of nitrogens with one attached hydrogen (secondary N) is 1. The number of rotatable bonds is 4. The number of hydrazine groups is 1. The molecule has 94 valence electrons. The molecule has 1 fully saturated rings. The number of halogens is 1. The van der Waals surface area contributed by atoms with Gasteiger partial charge in [0.15, 0.2) is 0 Å². The molecule has 3 nitrogen and oxygen atoms in total. The predicted molar refractivity (Wildman–Crippen MR) is 64.8 cm³/mol. The van der Waals surface area contributed by atoms with Crippen molar-refractivity contribution in [3.63, 3.8) is 0 Å². The average molecular weight is 238 g/mol. The van der Waals surface area contributed by atoms with Gasteiger partial charge in [0.2, 0.25) is 0 Å². The van der Waals surface area contributed by atoms with Gasteiger partial charge in [-0.1, -0.05) is 6.07 Å². The van der Waals surface area contributed by atoms with E-state index in [1.54, 1.807) is 12.1 Å². The first-order valence-electron chi connectivity index (χ1n) is 6.04. The van der Waals surface area contributed by atoms with Gasteiger partial charge in [0.1, 0.15) is 5.82 Å². The van der Waals surface area contributed by atoms with Crippen LogP contribution >= 0.6 is 0 Å². The number of nitrogens with two attached hydrogens (primary N) is 1. The first kappa shape index (κ1) is 12.5. The maximum atomic E-state index is 13.3. The zero-order chi connectivity index (χ0) is 12.3. The lowest BCUT2D eigenvalue weighted by atomic mass is 9.96. The molecule has 1 aliphatic heterocycles. The maximum absolute atomic E-state index is 13.3. The smallest absolute Gasteiger partial charge is 0.123 e. The third-order valence-electron chi connectivity index (χ3n) is 3.34. The number of benzene rings is 1. The van der Waals surface area contributed by atoms with E-state index >= 15 is 0 Å². The highest BCUT2D eigenvalue weighted by atomic mass is 19.1. The lowest BCUT2D eigenvalue weighted by Gasteiger charge is -2.21. The van der Waals surface area contributed by atoms with Crippen molar-refractivity contribution in [3.05, 3.63) is 35.1 Å². The molecule has 2 atom stereocenters. The van der Waals surface area contributed by atoms with E-state index in [0.29, 0.717) is 0 Å². The lowest BCUT2D eigenvalue weighted by molar-refractivity contribution is 0.0945. The van der Waals surface area contributed by atoms with E-state index in [1.807, 2.05) is 6.92 Å². The summed E-state index contributed by atoms with van der Waals surface area (Å²) in [5.74, 6) is 5.35. The Hall–Kier alpha value is -0.970. The van der Waals surface area contributed by atoms with Gasteiger partial charge in [0.05, 0.1) is 6.10 Å². The van der Waals surface area contributed by atoms with Gasteiger partial charge in [0.25, 0.3) is 0 Å². The molecule has 1 aromatic carbocycles. The monoisotopic (exact) mass is 238 g/mol. The average Bonchev–Trinajstić information content (AvgIpc) is 2.82. The van der Waals surface area contributed by atoms with Crippen LogP contribution in [0.3, 0.4) is 0 Å². The Morgan fingerprint density at radius 1 is 1.59 bits per heavy atom. The first-order valence-corrected chi connectivity index (χ1v) is 6.04. The van der Waals surface area contributed by atoms with Crippen molar-refractivity contribution in [1.82, 2.24) is 5.43 Å². The van der Waals surface area contributed by atoms with E-state index in [9.17, 15) is 4.39 Å². The van der Waals surface area contributed by atoms with E-state index in [4.69, 9.17) is 10.6 Å². The lowest BCUT2D eigenvalue weighted by Crippen LogP contribution is -2.31. The minimum Gasteiger partial charge on any atom is -0.378 e. The van der Waals surface area contributed by atoms with Crippen LogP contribution in [0.4, 0.5) is 4.39 Å². The van der Waals surface area contributed by atoms with Gasteiger partial charge in [-0.2, -0.15) is 0 Å². The standard InChI is InChI=1S/C13H19FN2O/c1-9-4-5-10(14)7-12(9)13(16-15)8-11-3-2-6-17-11/h4-5,7,11,13,16H,2-3,6,8,15H2,1H3. The van der Waals surface area contributed by atoms with Crippen molar-refractivity contribution in [1.29, 1.82) is 0 Å². The highest BCUT2D eigenvalue weighted by Crippen LogP contribution is 2.27. The predicted octanol–water partition coefficient (Wildman–Crippen LogP) is 2.21. The Bertz CT molecular complexity index is 378. The molecule has 0 aromatic heterocycles. The van der Waals surface area contributed by atoms with Crippen molar-refractivity contribution in [2.75, 3.05) is 6.61 Å². The summed E-state index contributed by atoms with van der Waals surface area (Å²) in [7, 11) is 0. The topological polar surface area (TPSA) is 47.3 Å². The van der Waals surface area contributed by atoms with Crippen molar-refractivity contribution in [2.45, 2.75) is 38.3 Å². The molecule has 2 rings (SSSR count). The summed E-state index contributed by atoms with van der Waals surface area (Å²) in [5.41, 5.74) is 4.73. The Kier molecular flexibility index (Phi) is 4.10. The number of hydrogen-bond donors (Lipinski definition) is 2. The molecule has 0 aliphatic carbocycles. The van der Waals surface area contributed by atoms with Gasteiger partial charge in [-0.15, -0.1) is 0 Å². The molecule has 1 heterocycles. The SMILES string of the molecule is Cc1ccc(F)cc1C(CC1CCCO1)NN. The molecule has 1 aliphatic rings. The van der Waals surface area contributed by atoms with E-state index in [-0.39, 0.29) is 18.0 Å². The van der Waals surface area contributed by atoms with Crippen LogP contribution in [-0.4, -0.2) is 12.7 Å². The summed E-state index contributed by atoms with van der Waals surface area (Å²) >= 11 is 0. The quantitative estimate of drug-likeness (QED) is 0.624. The van der Waals surface area contributed by atoms with Crippen LogP contribution in [0.2, 0.25) is 0 Å². The van der Waals surface area contributed by atoms with Crippen LogP contribution in [0, 0.1) is 12.7 Å². The minimum atomic E-state index is -0.224. The summed E-state index contributed by atoms with van der Waals surface area (Å²) in [6.45, 7) is 2.79. The fourth-order valence-electron chi connectivity index (χ4n) is 2.36. The van der Waals surface area contributed by atoms with Gasteiger partial charge >= 0.3 is 0 Å². The van der Waals surface area contributed by atoms with E-state index in [2.05, 4.69) is 5.43 Å². The molecular weight excluding hydrogens is 219 g/mol. The van der Waals surface area contributed by atoms with Crippen LogP contribution in [0.5, 0.6) is 0 Å². The Morgan fingerprint density at radius 2 is 2.41 bits per heavy atom. The molecule has 0 amide bonds.